The number of nitrogens with one attached hydrogen (secondary N) is 1. The summed E-state index contributed by atoms with van der Waals surface area (Å²) in [6, 6.07) is 0.599. The second-order valence-electron chi connectivity index (χ2n) is 5.33. The van der Waals surface area contributed by atoms with E-state index in [9.17, 15) is 0 Å². The summed E-state index contributed by atoms with van der Waals surface area (Å²) in [7, 11) is 8.49. The molecule has 1 unspecified atom stereocenters. The highest BCUT2D eigenvalue weighted by Gasteiger charge is 2.06. The first-order valence-corrected chi connectivity index (χ1v) is 6.79. The van der Waals surface area contributed by atoms with Gasteiger partial charge < -0.3 is 20.9 Å². The molecule has 1 atom stereocenters. The van der Waals surface area contributed by atoms with Crippen molar-refractivity contribution in [3.05, 3.63) is 0 Å². The van der Waals surface area contributed by atoms with E-state index < -0.39 is 0 Å². The summed E-state index contributed by atoms with van der Waals surface area (Å²) in [5, 5.41) is 3.62. The fraction of sp³-hybridized carbons (Fsp3) is 1.00. The number of hydrogen-bond donors (Lipinski definition) is 2. The van der Waals surface area contributed by atoms with Gasteiger partial charge in [-0.25, -0.2) is 0 Å². The molecule has 0 aliphatic heterocycles. The van der Waals surface area contributed by atoms with Crippen LogP contribution in [-0.4, -0.2) is 70.2 Å². The maximum Gasteiger partial charge on any atom is 0.00795 e. The Balaban J connectivity index is 3.59. The average Bonchev–Trinajstić information content (AvgIpc) is 2.23. The number of rotatable bonds is 11. The van der Waals surface area contributed by atoms with Gasteiger partial charge in [0.05, 0.1) is 0 Å². The van der Waals surface area contributed by atoms with Crippen LogP contribution in [0.15, 0.2) is 0 Å². The van der Waals surface area contributed by atoms with Crippen LogP contribution < -0.4 is 11.1 Å². The fourth-order valence-electron chi connectivity index (χ4n) is 1.91. The third-order valence-electron chi connectivity index (χ3n) is 2.89. The topological polar surface area (TPSA) is 44.5 Å². The highest BCUT2D eigenvalue weighted by atomic mass is 15.1. The fourth-order valence-corrected chi connectivity index (χ4v) is 1.91. The predicted molar refractivity (Wildman–Crippen MR) is 76.4 cm³/mol. The summed E-state index contributed by atoms with van der Waals surface area (Å²) in [6.07, 6.45) is 4.78. The molecular weight excluding hydrogens is 212 g/mol. The molecule has 0 aliphatic rings. The van der Waals surface area contributed by atoms with Crippen LogP contribution in [-0.2, 0) is 0 Å². The van der Waals surface area contributed by atoms with Crippen LogP contribution in [0.25, 0.3) is 0 Å². The molecule has 0 aromatic rings. The van der Waals surface area contributed by atoms with Crippen molar-refractivity contribution in [3.63, 3.8) is 0 Å². The van der Waals surface area contributed by atoms with Gasteiger partial charge in [0.15, 0.2) is 0 Å². The van der Waals surface area contributed by atoms with Crippen molar-refractivity contribution in [3.8, 4) is 0 Å². The van der Waals surface area contributed by atoms with Crippen LogP contribution in [0.2, 0.25) is 0 Å². The van der Waals surface area contributed by atoms with Gasteiger partial charge in [0.1, 0.15) is 0 Å². The van der Waals surface area contributed by atoms with Crippen molar-refractivity contribution < 1.29 is 0 Å². The monoisotopic (exact) mass is 244 g/mol. The van der Waals surface area contributed by atoms with E-state index in [2.05, 4.69) is 43.3 Å². The lowest BCUT2D eigenvalue weighted by atomic mass is 10.1. The minimum atomic E-state index is 0.599. The van der Waals surface area contributed by atoms with Gasteiger partial charge in [0, 0.05) is 6.04 Å². The molecule has 0 amide bonds. The summed E-state index contributed by atoms with van der Waals surface area (Å²) < 4.78 is 0. The lowest BCUT2D eigenvalue weighted by molar-refractivity contribution is 0.352. The van der Waals surface area contributed by atoms with Crippen LogP contribution in [0.5, 0.6) is 0 Å². The summed E-state index contributed by atoms with van der Waals surface area (Å²) >= 11 is 0. The average molecular weight is 244 g/mol. The molecule has 0 radical (unpaired) electrons. The smallest absolute Gasteiger partial charge is 0.00795 e. The third-order valence-corrected chi connectivity index (χ3v) is 2.89. The molecule has 3 N–H and O–H groups in total. The van der Waals surface area contributed by atoms with Gasteiger partial charge in [-0.15, -0.1) is 0 Å². The molecule has 0 heterocycles. The molecule has 0 aliphatic carbocycles. The largest absolute Gasteiger partial charge is 0.330 e. The van der Waals surface area contributed by atoms with Crippen LogP contribution in [0.3, 0.4) is 0 Å². The molecule has 0 rings (SSSR count). The number of nitrogens with zero attached hydrogens (tertiary/aromatic N) is 2. The zero-order valence-corrected chi connectivity index (χ0v) is 12.2. The first-order valence-electron chi connectivity index (χ1n) is 6.79. The highest BCUT2D eigenvalue weighted by molar-refractivity contribution is 4.68. The summed E-state index contributed by atoms with van der Waals surface area (Å²) in [5.41, 5.74) is 5.65. The quantitative estimate of drug-likeness (QED) is 0.522. The Morgan fingerprint density at radius 3 is 2.06 bits per heavy atom. The van der Waals surface area contributed by atoms with Gasteiger partial charge in [-0.1, -0.05) is 0 Å². The molecule has 0 bridgehead atoms. The molecular formula is C13H32N4. The molecule has 0 aromatic heterocycles. The molecule has 0 saturated carbocycles. The van der Waals surface area contributed by atoms with Gasteiger partial charge in [-0.05, 0) is 80.1 Å². The standard InChI is InChI=1S/C13H32N4/c1-16(2)11-5-7-13(8-9-14)15-10-6-12-17(3)4/h13,15H,5-12,14H2,1-4H3. The van der Waals surface area contributed by atoms with Crippen LogP contribution in [0, 0.1) is 0 Å². The first kappa shape index (κ1) is 16.8. The van der Waals surface area contributed by atoms with Crippen molar-refractivity contribution >= 4 is 0 Å². The van der Waals surface area contributed by atoms with E-state index >= 15 is 0 Å². The zero-order chi connectivity index (χ0) is 13.1. The molecule has 0 aromatic carbocycles. The molecule has 0 fully saturated rings. The molecule has 104 valence electrons. The summed E-state index contributed by atoms with van der Waals surface area (Å²) in [6.45, 7) is 4.21. The van der Waals surface area contributed by atoms with Crippen LogP contribution >= 0.6 is 0 Å². The lowest BCUT2D eigenvalue weighted by Gasteiger charge is -2.20. The summed E-state index contributed by atoms with van der Waals surface area (Å²) in [5.74, 6) is 0. The third kappa shape index (κ3) is 12.1. The molecule has 17 heavy (non-hydrogen) atoms. The second kappa shape index (κ2) is 11.0. The van der Waals surface area contributed by atoms with Crippen molar-refractivity contribution in [1.82, 2.24) is 15.1 Å². The van der Waals surface area contributed by atoms with Gasteiger partial charge >= 0.3 is 0 Å². The maximum atomic E-state index is 5.65. The SMILES string of the molecule is CN(C)CCCNC(CCN)CCCN(C)C. The Bertz CT molecular complexity index is 159. The molecule has 4 heteroatoms. The van der Waals surface area contributed by atoms with Gasteiger partial charge in [-0.2, -0.15) is 0 Å². The first-order chi connectivity index (χ1) is 8.06. The highest BCUT2D eigenvalue weighted by Crippen LogP contribution is 2.02. The second-order valence-corrected chi connectivity index (χ2v) is 5.33. The zero-order valence-electron chi connectivity index (χ0n) is 12.2. The van der Waals surface area contributed by atoms with E-state index in [1.165, 1.54) is 25.8 Å². The minimum absolute atomic E-state index is 0.599. The van der Waals surface area contributed by atoms with E-state index in [1.54, 1.807) is 0 Å². The molecule has 0 saturated heterocycles. The Hall–Kier alpha value is -0.160. The van der Waals surface area contributed by atoms with E-state index in [0.717, 1.165) is 26.1 Å². The van der Waals surface area contributed by atoms with Crippen molar-refractivity contribution in [2.24, 2.45) is 5.73 Å². The van der Waals surface area contributed by atoms with Crippen LogP contribution in [0.4, 0.5) is 0 Å². The van der Waals surface area contributed by atoms with E-state index in [4.69, 9.17) is 5.73 Å². The van der Waals surface area contributed by atoms with E-state index in [0.29, 0.717) is 6.04 Å². The molecule has 0 spiro atoms. The summed E-state index contributed by atoms with van der Waals surface area (Å²) in [4.78, 5) is 4.47. The van der Waals surface area contributed by atoms with Gasteiger partial charge in [-0.3, -0.25) is 0 Å². The predicted octanol–water partition coefficient (Wildman–Crippen LogP) is 0.587. The number of hydrogen-bond acceptors (Lipinski definition) is 4. The van der Waals surface area contributed by atoms with Gasteiger partial charge in [0.25, 0.3) is 0 Å². The van der Waals surface area contributed by atoms with Gasteiger partial charge in [0.2, 0.25) is 0 Å². The van der Waals surface area contributed by atoms with E-state index in [-0.39, 0.29) is 0 Å². The van der Waals surface area contributed by atoms with Crippen molar-refractivity contribution in [2.75, 3.05) is 54.4 Å². The maximum absolute atomic E-state index is 5.65. The Morgan fingerprint density at radius 2 is 1.53 bits per heavy atom. The number of nitrogens with two attached hydrogens (primary N) is 1. The Labute approximate surface area is 108 Å². The Kier molecular flexibility index (Phi) is 10.9. The van der Waals surface area contributed by atoms with Crippen molar-refractivity contribution in [2.45, 2.75) is 31.7 Å². The minimum Gasteiger partial charge on any atom is -0.330 e. The molecule has 4 nitrogen and oxygen atoms in total. The van der Waals surface area contributed by atoms with Crippen molar-refractivity contribution in [1.29, 1.82) is 0 Å². The van der Waals surface area contributed by atoms with Crippen LogP contribution in [0.1, 0.15) is 25.7 Å². The lowest BCUT2D eigenvalue weighted by Crippen LogP contribution is -2.34. The Morgan fingerprint density at radius 1 is 0.941 bits per heavy atom. The van der Waals surface area contributed by atoms with E-state index in [1.807, 2.05) is 0 Å². The normalized spacial score (nSPS) is 13.6.